The molecular weight excluding hydrogens is 373 g/mol. The molecule has 0 atom stereocenters. The number of amides is 1. The summed E-state index contributed by atoms with van der Waals surface area (Å²) in [5, 5.41) is 2.76. The van der Waals surface area contributed by atoms with Gasteiger partial charge in [0.15, 0.2) is 5.69 Å². The second-order valence-corrected chi connectivity index (χ2v) is 6.40. The lowest BCUT2D eigenvalue weighted by atomic mass is 10.2. The molecule has 0 spiro atoms. The molecule has 0 saturated carbocycles. The van der Waals surface area contributed by atoms with Crippen LogP contribution in [-0.2, 0) is 6.18 Å². The topological polar surface area (TPSA) is 42.0 Å². The third kappa shape index (κ3) is 3.83. The molecule has 0 aliphatic heterocycles. The second-order valence-electron chi connectivity index (χ2n) is 4.99. The van der Waals surface area contributed by atoms with Crippen LogP contribution < -0.4 is 5.32 Å². The van der Waals surface area contributed by atoms with E-state index in [0.29, 0.717) is 16.9 Å². The zero-order chi connectivity index (χ0) is 18.0. The number of carbonyl (C=O) groups excluding carboxylic acids is 1. The zero-order valence-corrected chi connectivity index (χ0v) is 14.0. The Balaban J connectivity index is 2.01. The molecule has 1 N–H and O–H groups in total. The first kappa shape index (κ1) is 17.4. The van der Waals surface area contributed by atoms with Gasteiger partial charge in [0.1, 0.15) is 9.88 Å². The molecule has 3 aromatic rings. The summed E-state index contributed by atoms with van der Waals surface area (Å²) in [6.45, 7) is 0. The first-order valence-electron chi connectivity index (χ1n) is 7.05. The molecular formula is C17H10ClF3N2OS. The number of thiazole rings is 1. The monoisotopic (exact) mass is 382 g/mol. The molecule has 0 saturated heterocycles. The quantitative estimate of drug-likeness (QED) is 0.628. The lowest BCUT2D eigenvalue weighted by molar-refractivity contribution is -0.140. The van der Waals surface area contributed by atoms with Gasteiger partial charge in [0.05, 0.1) is 10.7 Å². The SMILES string of the molecule is O=C(Nc1ccccc1Cl)c1sc(-c2ccccc2)nc1C(F)(F)F. The number of carbonyl (C=O) groups is 1. The highest BCUT2D eigenvalue weighted by Gasteiger charge is 2.39. The fraction of sp³-hybridized carbons (Fsp3) is 0.0588. The van der Waals surface area contributed by atoms with Gasteiger partial charge in [0.25, 0.3) is 5.91 Å². The molecule has 128 valence electrons. The molecule has 0 radical (unpaired) electrons. The van der Waals surface area contributed by atoms with Crippen molar-refractivity contribution in [3.05, 3.63) is 70.2 Å². The van der Waals surface area contributed by atoms with Crippen LogP contribution in [0.5, 0.6) is 0 Å². The number of rotatable bonds is 3. The fourth-order valence-corrected chi connectivity index (χ4v) is 3.28. The Hall–Kier alpha value is -2.38. The van der Waals surface area contributed by atoms with Gasteiger partial charge in [-0.25, -0.2) is 4.98 Å². The largest absolute Gasteiger partial charge is 0.435 e. The van der Waals surface area contributed by atoms with E-state index in [9.17, 15) is 18.0 Å². The summed E-state index contributed by atoms with van der Waals surface area (Å²) in [5.41, 5.74) is -0.465. The fourth-order valence-electron chi connectivity index (χ4n) is 2.11. The first-order chi connectivity index (χ1) is 11.9. The molecule has 8 heteroatoms. The van der Waals surface area contributed by atoms with Crippen molar-refractivity contribution in [1.29, 1.82) is 0 Å². The molecule has 0 unspecified atom stereocenters. The molecule has 3 nitrogen and oxygen atoms in total. The number of nitrogens with one attached hydrogen (secondary N) is 1. The number of nitrogens with zero attached hydrogens (tertiary/aromatic N) is 1. The van der Waals surface area contributed by atoms with Gasteiger partial charge < -0.3 is 5.32 Å². The molecule has 0 aliphatic carbocycles. The molecule has 1 aromatic heterocycles. The third-order valence-electron chi connectivity index (χ3n) is 3.24. The van der Waals surface area contributed by atoms with Crippen molar-refractivity contribution in [2.75, 3.05) is 5.32 Å². The van der Waals surface area contributed by atoms with Crippen LogP contribution in [0.4, 0.5) is 18.9 Å². The Labute approximate surface area is 150 Å². The average Bonchev–Trinajstić information content (AvgIpc) is 3.04. The van der Waals surface area contributed by atoms with E-state index in [-0.39, 0.29) is 15.7 Å². The molecule has 2 aromatic carbocycles. The van der Waals surface area contributed by atoms with Gasteiger partial charge in [0.2, 0.25) is 0 Å². The van der Waals surface area contributed by atoms with E-state index in [1.807, 2.05) is 0 Å². The summed E-state index contributed by atoms with van der Waals surface area (Å²) in [6.07, 6.45) is -4.74. The Morgan fingerprint density at radius 3 is 2.32 bits per heavy atom. The summed E-state index contributed by atoms with van der Waals surface area (Å²) in [6, 6.07) is 14.7. The molecule has 1 heterocycles. The van der Waals surface area contributed by atoms with E-state index < -0.39 is 22.7 Å². The normalized spacial score (nSPS) is 11.4. The lowest BCUT2D eigenvalue weighted by Gasteiger charge is -2.08. The van der Waals surface area contributed by atoms with E-state index in [1.54, 1.807) is 42.5 Å². The van der Waals surface area contributed by atoms with Crippen molar-refractivity contribution >= 4 is 34.5 Å². The smallest absolute Gasteiger partial charge is 0.320 e. The molecule has 0 fully saturated rings. The van der Waals surface area contributed by atoms with Gasteiger partial charge >= 0.3 is 6.18 Å². The Morgan fingerprint density at radius 2 is 1.68 bits per heavy atom. The maximum atomic E-state index is 13.3. The van der Waals surface area contributed by atoms with Crippen LogP contribution in [0.2, 0.25) is 5.02 Å². The van der Waals surface area contributed by atoms with Crippen LogP contribution in [0, 0.1) is 0 Å². The third-order valence-corrected chi connectivity index (χ3v) is 4.68. The molecule has 25 heavy (non-hydrogen) atoms. The van der Waals surface area contributed by atoms with Crippen LogP contribution >= 0.6 is 22.9 Å². The van der Waals surface area contributed by atoms with Crippen LogP contribution in [-0.4, -0.2) is 10.9 Å². The highest BCUT2D eigenvalue weighted by molar-refractivity contribution is 7.17. The summed E-state index contributed by atoms with van der Waals surface area (Å²) in [5.74, 6) is -0.903. The Morgan fingerprint density at radius 1 is 1.04 bits per heavy atom. The van der Waals surface area contributed by atoms with Crippen molar-refractivity contribution in [2.45, 2.75) is 6.18 Å². The Kier molecular flexibility index (Phi) is 4.78. The summed E-state index contributed by atoms with van der Waals surface area (Å²) in [4.78, 5) is 15.5. The molecule has 3 rings (SSSR count). The van der Waals surface area contributed by atoms with Gasteiger partial charge in [-0.1, -0.05) is 54.1 Å². The predicted molar refractivity (Wildman–Crippen MR) is 92.0 cm³/mol. The maximum absolute atomic E-state index is 13.3. The number of hydrogen-bond donors (Lipinski definition) is 1. The standard InChI is InChI=1S/C17H10ClF3N2OS/c18-11-8-4-5-9-12(11)22-15(24)13-14(17(19,20)21)23-16(25-13)10-6-2-1-3-7-10/h1-9H,(H,22,24). The van der Waals surface area contributed by atoms with Gasteiger partial charge in [-0.15, -0.1) is 11.3 Å². The van der Waals surface area contributed by atoms with E-state index in [0.717, 1.165) is 0 Å². The molecule has 1 amide bonds. The van der Waals surface area contributed by atoms with Crippen molar-refractivity contribution in [3.8, 4) is 10.6 Å². The van der Waals surface area contributed by atoms with Gasteiger partial charge in [-0.3, -0.25) is 4.79 Å². The zero-order valence-electron chi connectivity index (χ0n) is 12.5. The number of para-hydroxylation sites is 1. The van der Waals surface area contributed by atoms with Gasteiger partial charge in [-0.05, 0) is 12.1 Å². The summed E-state index contributed by atoms with van der Waals surface area (Å²) >= 11 is 6.62. The molecule has 0 bridgehead atoms. The number of anilines is 1. The van der Waals surface area contributed by atoms with E-state index in [1.165, 1.54) is 12.1 Å². The average molecular weight is 383 g/mol. The van der Waals surface area contributed by atoms with Crippen molar-refractivity contribution in [2.24, 2.45) is 0 Å². The van der Waals surface area contributed by atoms with E-state index in [2.05, 4.69) is 10.3 Å². The number of alkyl halides is 3. The first-order valence-corrected chi connectivity index (χ1v) is 8.25. The second kappa shape index (κ2) is 6.85. The summed E-state index contributed by atoms with van der Waals surface area (Å²) in [7, 11) is 0. The minimum absolute atomic E-state index is 0.122. The van der Waals surface area contributed by atoms with Crippen molar-refractivity contribution < 1.29 is 18.0 Å². The van der Waals surface area contributed by atoms with Crippen LogP contribution in [0.25, 0.3) is 10.6 Å². The number of hydrogen-bond acceptors (Lipinski definition) is 3. The predicted octanol–water partition coefficient (Wildman–Crippen LogP) is 5.73. The minimum atomic E-state index is -4.74. The van der Waals surface area contributed by atoms with Crippen LogP contribution in [0.15, 0.2) is 54.6 Å². The van der Waals surface area contributed by atoms with Crippen LogP contribution in [0.3, 0.4) is 0 Å². The molecule has 0 aliphatic rings. The minimum Gasteiger partial charge on any atom is -0.320 e. The van der Waals surface area contributed by atoms with Crippen molar-refractivity contribution in [3.63, 3.8) is 0 Å². The number of halogens is 4. The van der Waals surface area contributed by atoms with Gasteiger partial charge in [0, 0.05) is 5.56 Å². The summed E-state index contributed by atoms with van der Waals surface area (Å²) < 4.78 is 39.9. The number of aromatic nitrogens is 1. The highest BCUT2D eigenvalue weighted by Crippen LogP contribution is 2.38. The van der Waals surface area contributed by atoms with Crippen molar-refractivity contribution in [1.82, 2.24) is 4.98 Å². The maximum Gasteiger partial charge on any atom is 0.435 e. The van der Waals surface area contributed by atoms with E-state index in [4.69, 9.17) is 11.6 Å². The van der Waals surface area contributed by atoms with Gasteiger partial charge in [-0.2, -0.15) is 13.2 Å². The lowest BCUT2D eigenvalue weighted by Crippen LogP contribution is -2.17. The van der Waals surface area contributed by atoms with Crippen LogP contribution in [0.1, 0.15) is 15.4 Å². The Bertz CT molecular complexity index is 910. The van der Waals surface area contributed by atoms with E-state index >= 15 is 0 Å². The number of benzene rings is 2. The highest BCUT2D eigenvalue weighted by atomic mass is 35.5.